The number of nitrogens with zero attached hydrogens (tertiary/aromatic N) is 1. The van der Waals surface area contributed by atoms with E-state index in [0.717, 1.165) is 17.5 Å². The number of para-hydroxylation sites is 2. The first-order valence-electron chi connectivity index (χ1n) is 9.78. The van der Waals surface area contributed by atoms with Crippen molar-refractivity contribution >= 4 is 40.4 Å². The third-order valence-corrected chi connectivity index (χ3v) is 5.41. The SMILES string of the molecule is CC[C@H](C)[C@@H](NC(=O)Cc1ccc(OC)cc1Cl)C(=O)Nc1nc2ccccc2[nH]1. The average molecular weight is 429 g/mol. The zero-order valence-electron chi connectivity index (χ0n) is 17.2. The smallest absolute Gasteiger partial charge is 0.249 e. The van der Waals surface area contributed by atoms with E-state index in [-0.39, 0.29) is 24.2 Å². The number of carbonyl (C=O) groups is 2. The Balaban J connectivity index is 1.70. The Morgan fingerprint density at radius 3 is 2.67 bits per heavy atom. The van der Waals surface area contributed by atoms with Crippen LogP contribution in [0.1, 0.15) is 25.8 Å². The second kappa shape index (κ2) is 9.63. The van der Waals surface area contributed by atoms with E-state index in [1.54, 1.807) is 25.3 Å². The van der Waals surface area contributed by atoms with Gasteiger partial charge >= 0.3 is 0 Å². The molecule has 3 rings (SSSR count). The van der Waals surface area contributed by atoms with Crippen LogP contribution in [0.4, 0.5) is 5.95 Å². The van der Waals surface area contributed by atoms with Crippen molar-refractivity contribution in [3.05, 3.63) is 53.1 Å². The molecule has 0 saturated carbocycles. The summed E-state index contributed by atoms with van der Waals surface area (Å²) in [5, 5.41) is 6.06. The minimum Gasteiger partial charge on any atom is -0.497 e. The molecule has 7 nitrogen and oxygen atoms in total. The second-order valence-corrected chi connectivity index (χ2v) is 7.56. The minimum atomic E-state index is -0.701. The third-order valence-electron chi connectivity index (χ3n) is 5.05. The van der Waals surface area contributed by atoms with Crippen molar-refractivity contribution in [2.75, 3.05) is 12.4 Å². The number of hydrogen-bond acceptors (Lipinski definition) is 4. The highest BCUT2D eigenvalue weighted by atomic mass is 35.5. The van der Waals surface area contributed by atoms with Gasteiger partial charge in [-0.2, -0.15) is 0 Å². The molecule has 3 aromatic rings. The van der Waals surface area contributed by atoms with Crippen LogP contribution in [0.15, 0.2) is 42.5 Å². The fourth-order valence-corrected chi connectivity index (χ4v) is 3.34. The number of H-pyrrole nitrogens is 1. The second-order valence-electron chi connectivity index (χ2n) is 7.16. The molecule has 2 amide bonds. The number of benzene rings is 2. The van der Waals surface area contributed by atoms with Crippen LogP contribution >= 0.6 is 11.6 Å². The summed E-state index contributed by atoms with van der Waals surface area (Å²) in [5.74, 6) is 0.295. The Hall–Kier alpha value is -3.06. The van der Waals surface area contributed by atoms with E-state index < -0.39 is 6.04 Å². The van der Waals surface area contributed by atoms with Crippen molar-refractivity contribution in [2.45, 2.75) is 32.7 Å². The summed E-state index contributed by atoms with van der Waals surface area (Å²) in [7, 11) is 1.55. The maximum absolute atomic E-state index is 12.9. The van der Waals surface area contributed by atoms with Gasteiger partial charge in [0.05, 0.1) is 24.6 Å². The standard InChI is InChI=1S/C22H25ClN4O3/c1-4-13(2)20(21(29)27-22-24-17-7-5-6-8-18(17)25-22)26-19(28)11-14-9-10-15(30-3)12-16(14)23/h5-10,12-13,20H,4,11H2,1-3H3,(H,26,28)(H2,24,25,27,29)/t13-,20+/m0/s1. The molecule has 8 heteroatoms. The topological polar surface area (TPSA) is 96.1 Å². The zero-order valence-corrected chi connectivity index (χ0v) is 17.9. The number of nitrogens with one attached hydrogen (secondary N) is 3. The van der Waals surface area contributed by atoms with Crippen LogP contribution in [0.25, 0.3) is 11.0 Å². The lowest BCUT2D eigenvalue weighted by molar-refractivity contribution is -0.127. The van der Waals surface area contributed by atoms with Crippen molar-refractivity contribution in [3.63, 3.8) is 0 Å². The highest BCUT2D eigenvalue weighted by Crippen LogP contribution is 2.23. The van der Waals surface area contributed by atoms with E-state index >= 15 is 0 Å². The van der Waals surface area contributed by atoms with Gasteiger partial charge in [-0.3, -0.25) is 14.9 Å². The Kier molecular flexibility index (Phi) is 6.95. The molecule has 0 saturated heterocycles. The molecule has 0 aliphatic carbocycles. The third kappa shape index (κ3) is 5.10. The first kappa shape index (κ1) is 21.6. The van der Waals surface area contributed by atoms with Crippen LogP contribution in [-0.2, 0) is 16.0 Å². The summed E-state index contributed by atoms with van der Waals surface area (Å²) < 4.78 is 5.13. The largest absolute Gasteiger partial charge is 0.497 e. The number of aromatic amines is 1. The Bertz CT molecular complexity index is 1020. The molecule has 0 radical (unpaired) electrons. The number of halogens is 1. The predicted octanol–water partition coefficient (Wildman–Crippen LogP) is 3.94. The molecular weight excluding hydrogens is 404 g/mol. The number of rotatable bonds is 8. The number of ether oxygens (including phenoxy) is 1. The monoisotopic (exact) mass is 428 g/mol. The average Bonchev–Trinajstić information content (AvgIpc) is 3.15. The molecule has 1 heterocycles. The Morgan fingerprint density at radius 1 is 1.23 bits per heavy atom. The normalized spacial score (nSPS) is 12.9. The van der Waals surface area contributed by atoms with Crippen molar-refractivity contribution in [3.8, 4) is 5.75 Å². The number of aromatic nitrogens is 2. The number of methoxy groups -OCH3 is 1. The van der Waals surface area contributed by atoms with Gasteiger partial charge in [-0.25, -0.2) is 4.98 Å². The van der Waals surface area contributed by atoms with Crippen LogP contribution in [0.2, 0.25) is 5.02 Å². The zero-order chi connectivity index (χ0) is 21.7. The predicted molar refractivity (Wildman–Crippen MR) is 118 cm³/mol. The van der Waals surface area contributed by atoms with Crippen LogP contribution in [0.5, 0.6) is 5.75 Å². The molecule has 2 atom stereocenters. The quantitative estimate of drug-likeness (QED) is 0.506. The van der Waals surface area contributed by atoms with E-state index in [1.807, 2.05) is 38.1 Å². The summed E-state index contributed by atoms with van der Waals surface area (Å²) in [4.78, 5) is 33.0. The van der Waals surface area contributed by atoms with Gasteiger partial charge in [0.1, 0.15) is 11.8 Å². The number of amides is 2. The van der Waals surface area contributed by atoms with Crippen molar-refractivity contribution in [1.29, 1.82) is 0 Å². The Morgan fingerprint density at radius 2 is 2.00 bits per heavy atom. The fourth-order valence-electron chi connectivity index (χ4n) is 3.10. The maximum Gasteiger partial charge on any atom is 0.249 e. The highest BCUT2D eigenvalue weighted by Gasteiger charge is 2.27. The highest BCUT2D eigenvalue weighted by molar-refractivity contribution is 6.31. The summed E-state index contributed by atoms with van der Waals surface area (Å²) in [5.41, 5.74) is 2.24. The number of anilines is 1. The molecule has 30 heavy (non-hydrogen) atoms. The van der Waals surface area contributed by atoms with Crippen molar-refractivity contribution in [2.24, 2.45) is 5.92 Å². The van der Waals surface area contributed by atoms with Gasteiger partial charge in [0.25, 0.3) is 0 Å². The molecule has 158 valence electrons. The lowest BCUT2D eigenvalue weighted by Gasteiger charge is -2.23. The molecule has 0 spiro atoms. The molecule has 0 aliphatic heterocycles. The van der Waals surface area contributed by atoms with Gasteiger partial charge in [0, 0.05) is 5.02 Å². The molecule has 1 aromatic heterocycles. The van der Waals surface area contributed by atoms with E-state index in [1.165, 1.54) is 0 Å². The van der Waals surface area contributed by atoms with Crippen LogP contribution in [-0.4, -0.2) is 34.9 Å². The minimum absolute atomic E-state index is 0.0632. The molecule has 0 bridgehead atoms. The van der Waals surface area contributed by atoms with Gasteiger partial charge in [-0.05, 0) is 35.7 Å². The number of fused-ring (bicyclic) bond motifs is 1. The van der Waals surface area contributed by atoms with Crippen LogP contribution < -0.4 is 15.4 Å². The molecule has 0 fully saturated rings. The Labute approximate surface area is 180 Å². The van der Waals surface area contributed by atoms with Gasteiger partial charge < -0.3 is 15.0 Å². The number of hydrogen-bond donors (Lipinski definition) is 3. The van der Waals surface area contributed by atoms with E-state index in [4.69, 9.17) is 16.3 Å². The maximum atomic E-state index is 12.9. The molecule has 2 aromatic carbocycles. The molecular formula is C22H25ClN4O3. The molecule has 0 unspecified atom stereocenters. The van der Waals surface area contributed by atoms with E-state index in [9.17, 15) is 9.59 Å². The van der Waals surface area contributed by atoms with E-state index in [0.29, 0.717) is 22.3 Å². The van der Waals surface area contributed by atoms with Gasteiger partial charge in [-0.1, -0.05) is 50.1 Å². The molecule has 0 aliphatic rings. The van der Waals surface area contributed by atoms with Gasteiger partial charge in [0.15, 0.2) is 0 Å². The lowest BCUT2D eigenvalue weighted by atomic mass is 9.98. The number of carbonyl (C=O) groups excluding carboxylic acids is 2. The lowest BCUT2D eigenvalue weighted by Crippen LogP contribution is -2.48. The van der Waals surface area contributed by atoms with Gasteiger partial charge in [0.2, 0.25) is 17.8 Å². The summed E-state index contributed by atoms with van der Waals surface area (Å²) in [6, 6.07) is 11.9. The summed E-state index contributed by atoms with van der Waals surface area (Å²) in [6.07, 6.45) is 0.787. The van der Waals surface area contributed by atoms with Crippen molar-refractivity contribution in [1.82, 2.24) is 15.3 Å². The first-order valence-corrected chi connectivity index (χ1v) is 10.2. The van der Waals surface area contributed by atoms with Crippen LogP contribution in [0.3, 0.4) is 0 Å². The van der Waals surface area contributed by atoms with E-state index in [2.05, 4.69) is 20.6 Å². The van der Waals surface area contributed by atoms with Crippen molar-refractivity contribution < 1.29 is 14.3 Å². The first-order chi connectivity index (χ1) is 14.4. The molecule has 3 N–H and O–H groups in total. The van der Waals surface area contributed by atoms with Gasteiger partial charge in [-0.15, -0.1) is 0 Å². The van der Waals surface area contributed by atoms with Crippen LogP contribution in [0, 0.1) is 5.92 Å². The summed E-state index contributed by atoms with van der Waals surface area (Å²) >= 11 is 6.24. The fraction of sp³-hybridized carbons (Fsp3) is 0.318. The summed E-state index contributed by atoms with van der Waals surface area (Å²) in [6.45, 7) is 3.89. The number of imidazole rings is 1.